The highest BCUT2D eigenvalue weighted by molar-refractivity contribution is 5.13. The molecule has 2 rings (SSSR count). The van der Waals surface area contributed by atoms with Crippen molar-refractivity contribution in [2.75, 3.05) is 26.2 Å². The smallest absolute Gasteiger partial charge is 0.0717 e. The zero-order valence-electron chi connectivity index (χ0n) is 10.5. The zero-order valence-corrected chi connectivity index (χ0v) is 10.5. The predicted molar refractivity (Wildman–Crippen MR) is 70.0 cm³/mol. The fourth-order valence-corrected chi connectivity index (χ4v) is 2.16. The van der Waals surface area contributed by atoms with Gasteiger partial charge in [0.1, 0.15) is 0 Å². The lowest BCUT2D eigenvalue weighted by Crippen LogP contribution is -2.45. The van der Waals surface area contributed by atoms with Gasteiger partial charge in [-0.1, -0.05) is 30.3 Å². The minimum atomic E-state index is 0.260. The number of nitrogens with one attached hydrogen (secondary N) is 2. The van der Waals surface area contributed by atoms with E-state index >= 15 is 0 Å². The van der Waals surface area contributed by atoms with Gasteiger partial charge >= 0.3 is 0 Å². The van der Waals surface area contributed by atoms with Crippen molar-refractivity contribution in [2.45, 2.75) is 25.5 Å². The molecule has 0 amide bonds. The molecule has 1 aromatic rings. The molecule has 0 bridgehead atoms. The van der Waals surface area contributed by atoms with E-state index in [0.717, 1.165) is 26.2 Å². The van der Waals surface area contributed by atoms with Crippen LogP contribution in [0.25, 0.3) is 0 Å². The number of benzene rings is 1. The molecule has 2 N–H and O–H groups in total. The van der Waals surface area contributed by atoms with Crippen LogP contribution in [0, 0.1) is 0 Å². The van der Waals surface area contributed by atoms with E-state index < -0.39 is 0 Å². The number of ether oxygens (including phenoxy) is 1. The average Bonchev–Trinajstić information content (AvgIpc) is 2.77. The second-order valence-electron chi connectivity index (χ2n) is 4.95. The molecule has 0 aromatic heterocycles. The summed E-state index contributed by atoms with van der Waals surface area (Å²) in [7, 11) is 0. The van der Waals surface area contributed by atoms with E-state index in [4.69, 9.17) is 4.74 Å². The quantitative estimate of drug-likeness (QED) is 0.733. The van der Waals surface area contributed by atoms with E-state index in [2.05, 4.69) is 29.7 Å². The first-order valence-corrected chi connectivity index (χ1v) is 6.36. The van der Waals surface area contributed by atoms with Gasteiger partial charge in [-0.3, -0.25) is 0 Å². The number of rotatable bonds is 6. The van der Waals surface area contributed by atoms with Crippen molar-refractivity contribution in [2.24, 2.45) is 0 Å². The maximum absolute atomic E-state index is 5.64. The molecule has 1 heterocycles. The second-order valence-corrected chi connectivity index (χ2v) is 4.95. The maximum Gasteiger partial charge on any atom is 0.0717 e. The second kappa shape index (κ2) is 6.15. The summed E-state index contributed by atoms with van der Waals surface area (Å²) in [4.78, 5) is 0. The third-order valence-electron chi connectivity index (χ3n) is 3.28. The monoisotopic (exact) mass is 234 g/mol. The minimum Gasteiger partial charge on any atom is -0.375 e. The number of hydrogen-bond donors (Lipinski definition) is 2. The van der Waals surface area contributed by atoms with Crippen LogP contribution in [-0.4, -0.2) is 31.8 Å². The Morgan fingerprint density at radius 1 is 1.35 bits per heavy atom. The van der Waals surface area contributed by atoms with Crippen molar-refractivity contribution in [1.29, 1.82) is 0 Å². The van der Waals surface area contributed by atoms with Crippen molar-refractivity contribution in [3.05, 3.63) is 35.9 Å². The van der Waals surface area contributed by atoms with Crippen molar-refractivity contribution in [3.8, 4) is 0 Å². The summed E-state index contributed by atoms with van der Waals surface area (Å²) in [6.45, 7) is 6.84. The van der Waals surface area contributed by atoms with Crippen molar-refractivity contribution in [1.82, 2.24) is 10.6 Å². The largest absolute Gasteiger partial charge is 0.375 e. The average molecular weight is 234 g/mol. The Hall–Kier alpha value is -0.900. The Morgan fingerprint density at radius 2 is 2.18 bits per heavy atom. The van der Waals surface area contributed by atoms with Crippen LogP contribution in [0.1, 0.15) is 18.9 Å². The van der Waals surface area contributed by atoms with Crippen LogP contribution in [-0.2, 0) is 11.3 Å². The van der Waals surface area contributed by atoms with Crippen LogP contribution < -0.4 is 10.6 Å². The fourth-order valence-electron chi connectivity index (χ4n) is 2.16. The van der Waals surface area contributed by atoms with Gasteiger partial charge < -0.3 is 15.4 Å². The molecular weight excluding hydrogens is 212 g/mol. The van der Waals surface area contributed by atoms with E-state index in [9.17, 15) is 0 Å². The molecule has 1 aliphatic rings. The summed E-state index contributed by atoms with van der Waals surface area (Å²) in [5, 5.41) is 6.93. The Morgan fingerprint density at radius 3 is 2.88 bits per heavy atom. The van der Waals surface area contributed by atoms with Gasteiger partial charge in [0, 0.05) is 18.6 Å². The standard InChI is InChI=1S/C14H22N2O/c1-14(7-8-15-12-14)16-9-10-17-11-13-5-3-2-4-6-13/h2-6,15-16H,7-12H2,1H3. The molecule has 0 aliphatic carbocycles. The predicted octanol–water partition coefficient (Wildman–Crippen LogP) is 1.54. The van der Waals surface area contributed by atoms with E-state index in [1.165, 1.54) is 12.0 Å². The third kappa shape index (κ3) is 4.11. The number of hydrogen-bond acceptors (Lipinski definition) is 3. The van der Waals surface area contributed by atoms with Gasteiger partial charge in [0.05, 0.1) is 13.2 Å². The molecule has 1 aromatic carbocycles. The van der Waals surface area contributed by atoms with E-state index in [-0.39, 0.29) is 5.54 Å². The molecule has 17 heavy (non-hydrogen) atoms. The molecule has 3 heteroatoms. The van der Waals surface area contributed by atoms with Crippen LogP contribution in [0.15, 0.2) is 30.3 Å². The van der Waals surface area contributed by atoms with Crippen molar-refractivity contribution in [3.63, 3.8) is 0 Å². The van der Waals surface area contributed by atoms with Crippen LogP contribution in [0.4, 0.5) is 0 Å². The minimum absolute atomic E-state index is 0.260. The van der Waals surface area contributed by atoms with Gasteiger partial charge in [0.2, 0.25) is 0 Å². The first kappa shape index (κ1) is 12.6. The Labute approximate surface area is 104 Å². The van der Waals surface area contributed by atoms with Gasteiger partial charge in [-0.25, -0.2) is 0 Å². The highest BCUT2D eigenvalue weighted by Gasteiger charge is 2.26. The fraction of sp³-hybridized carbons (Fsp3) is 0.571. The first-order chi connectivity index (χ1) is 8.29. The van der Waals surface area contributed by atoms with Crippen LogP contribution >= 0.6 is 0 Å². The molecule has 0 radical (unpaired) electrons. The summed E-state index contributed by atoms with van der Waals surface area (Å²) in [6.07, 6.45) is 1.20. The molecule has 94 valence electrons. The maximum atomic E-state index is 5.64. The normalized spacial score (nSPS) is 24.1. The van der Waals surface area contributed by atoms with E-state index in [1.807, 2.05) is 18.2 Å². The van der Waals surface area contributed by atoms with Gasteiger partial charge in [-0.15, -0.1) is 0 Å². The third-order valence-corrected chi connectivity index (χ3v) is 3.28. The molecule has 0 spiro atoms. The van der Waals surface area contributed by atoms with Gasteiger partial charge in [-0.05, 0) is 25.5 Å². The van der Waals surface area contributed by atoms with E-state index in [0.29, 0.717) is 6.61 Å². The van der Waals surface area contributed by atoms with Crippen LogP contribution in [0.2, 0.25) is 0 Å². The molecule has 1 atom stereocenters. The van der Waals surface area contributed by atoms with Crippen molar-refractivity contribution < 1.29 is 4.74 Å². The van der Waals surface area contributed by atoms with Crippen LogP contribution in [0.5, 0.6) is 0 Å². The molecule has 1 fully saturated rings. The SMILES string of the molecule is CC1(NCCOCc2ccccc2)CCNC1. The van der Waals surface area contributed by atoms with Gasteiger partial charge in [-0.2, -0.15) is 0 Å². The lowest BCUT2D eigenvalue weighted by molar-refractivity contribution is 0.117. The van der Waals surface area contributed by atoms with Crippen molar-refractivity contribution >= 4 is 0 Å². The summed E-state index contributed by atoms with van der Waals surface area (Å²) < 4.78 is 5.64. The van der Waals surface area contributed by atoms with Gasteiger partial charge in [0.15, 0.2) is 0 Å². The highest BCUT2D eigenvalue weighted by Crippen LogP contribution is 2.12. The summed E-state index contributed by atoms with van der Waals surface area (Å²) >= 11 is 0. The first-order valence-electron chi connectivity index (χ1n) is 6.36. The topological polar surface area (TPSA) is 33.3 Å². The lowest BCUT2D eigenvalue weighted by Gasteiger charge is -2.24. The van der Waals surface area contributed by atoms with Crippen LogP contribution in [0.3, 0.4) is 0 Å². The Balaban J connectivity index is 1.58. The zero-order chi connectivity index (χ0) is 12.0. The van der Waals surface area contributed by atoms with E-state index in [1.54, 1.807) is 0 Å². The summed E-state index contributed by atoms with van der Waals surface area (Å²) in [5.74, 6) is 0. The molecule has 0 saturated carbocycles. The molecule has 1 unspecified atom stereocenters. The Kier molecular flexibility index (Phi) is 4.54. The lowest BCUT2D eigenvalue weighted by atomic mass is 10.0. The molecule has 1 saturated heterocycles. The Bertz CT molecular complexity index is 320. The molecule has 3 nitrogen and oxygen atoms in total. The summed E-state index contributed by atoms with van der Waals surface area (Å²) in [5.41, 5.74) is 1.50. The summed E-state index contributed by atoms with van der Waals surface area (Å²) in [6, 6.07) is 10.3. The molecular formula is C14H22N2O. The molecule has 1 aliphatic heterocycles. The van der Waals surface area contributed by atoms with Gasteiger partial charge in [0.25, 0.3) is 0 Å². The highest BCUT2D eigenvalue weighted by atomic mass is 16.5.